The van der Waals surface area contributed by atoms with Crippen molar-refractivity contribution in [3.63, 3.8) is 0 Å². The Hall–Kier alpha value is -3.26. The standard InChI is InChI=1S/C31H30F6O2/c1-3-5-6-19-11-13-23(30(36)26(19)32)24-15-8-18(17-39-24)7-9-20-10-12-21(28(34)27(20)33)22-14-16-25(38-4-2)31(37)29(22)35/h3,10-14,16,18,24H,1,4-9,15,17H2,2H3. The van der Waals surface area contributed by atoms with Crippen molar-refractivity contribution in [1.29, 1.82) is 0 Å². The Kier molecular flexibility index (Phi) is 9.38. The fraction of sp³-hybridized carbons (Fsp3) is 0.355. The van der Waals surface area contributed by atoms with Gasteiger partial charge >= 0.3 is 0 Å². The zero-order valence-electron chi connectivity index (χ0n) is 21.6. The zero-order chi connectivity index (χ0) is 28.1. The number of aryl methyl sites for hydroxylation is 2. The molecule has 0 bridgehead atoms. The van der Waals surface area contributed by atoms with E-state index in [9.17, 15) is 26.3 Å². The second-order valence-electron chi connectivity index (χ2n) is 9.65. The molecule has 0 amide bonds. The van der Waals surface area contributed by atoms with Crippen LogP contribution in [0.5, 0.6) is 5.75 Å². The van der Waals surface area contributed by atoms with Crippen molar-refractivity contribution < 1.29 is 35.8 Å². The van der Waals surface area contributed by atoms with E-state index in [1.807, 2.05) is 0 Å². The fourth-order valence-electron chi connectivity index (χ4n) is 4.94. The van der Waals surface area contributed by atoms with Crippen LogP contribution in [0.2, 0.25) is 0 Å². The molecule has 1 saturated heterocycles. The Labute approximate surface area is 224 Å². The number of hydrogen-bond acceptors (Lipinski definition) is 2. The van der Waals surface area contributed by atoms with E-state index in [1.165, 1.54) is 18.2 Å². The summed E-state index contributed by atoms with van der Waals surface area (Å²) in [7, 11) is 0. The summed E-state index contributed by atoms with van der Waals surface area (Å²) in [6.07, 6.45) is 3.75. The van der Waals surface area contributed by atoms with Gasteiger partial charge < -0.3 is 9.47 Å². The van der Waals surface area contributed by atoms with E-state index in [2.05, 4.69) is 6.58 Å². The highest BCUT2D eigenvalue weighted by molar-refractivity contribution is 5.66. The fourth-order valence-corrected chi connectivity index (χ4v) is 4.94. The molecule has 1 aliphatic rings. The van der Waals surface area contributed by atoms with E-state index in [0.29, 0.717) is 37.7 Å². The quantitative estimate of drug-likeness (QED) is 0.186. The number of allylic oxidation sites excluding steroid dienone is 1. The second kappa shape index (κ2) is 12.7. The summed E-state index contributed by atoms with van der Waals surface area (Å²) in [4.78, 5) is 0. The van der Waals surface area contributed by atoms with E-state index in [0.717, 1.165) is 6.07 Å². The van der Waals surface area contributed by atoms with E-state index in [4.69, 9.17) is 9.47 Å². The van der Waals surface area contributed by atoms with Gasteiger partial charge in [0.05, 0.1) is 19.3 Å². The van der Waals surface area contributed by atoms with Gasteiger partial charge in [-0.25, -0.2) is 22.0 Å². The number of ether oxygens (including phenoxy) is 2. The van der Waals surface area contributed by atoms with E-state index < -0.39 is 46.6 Å². The van der Waals surface area contributed by atoms with Crippen LogP contribution in [0.1, 0.15) is 55.4 Å². The van der Waals surface area contributed by atoms with Crippen molar-refractivity contribution in [2.75, 3.05) is 13.2 Å². The normalized spacial score (nSPS) is 17.3. The molecule has 3 aromatic carbocycles. The molecule has 0 N–H and O–H groups in total. The highest BCUT2D eigenvalue weighted by Crippen LogP contribution is 2.36. The van der Waals surface area contributed by atoms with Crippen LogP contribution in [0.25, 0.3) is 11.1 Å². The second-order valence-corrected chi connectivity index (χ2v) is 9.65. The summed E-state index contributed by atoms with van der Waals surface area (Å²) < 4.78 is 98.5. The molecule has 1 aliphatic heterocycles. The molecular formula is C31H30F6O2. The molecule has 0 aliphatic carbocycles. The minimum atomic E-state index is -1.32. The van der Waals surface area contributed by atoms with Crippen LogP contribution in [0.4, 0.5) is 26.3 Å². The van der Waals surface area contributed by atoms with E-state index in [1.54, 1.807) is 25.1 Å². The molecule has 0 spiro atoms. The van der Waals surface area contributed by atoms with E-state index in [-0.39, 0.29) is 48.0 Å². The maximum absolute atomic E-state index is 14.9. The summed E-state index contributed by atoms with van der Waals surface area (Å²) in [5.41, 5.74) is -0.212. The third-order valence-corrected chi connectivity index (χ3v) is 7.15. The van der Waals surface area contributed by atoms with Gasteiger partial charge in [0, 0.05) is 16.7 Å². The predicted octanol–water partition coefficient (Wildman–Crippen LogP) is 8.81. The van der Waals surface area contributed by atoms with Gasteiger partial charge in [0.25, 0.3) is 0 Å². The lowest BCUT2D eigenvalue weighted by Gasteiger charge is -2.30. The third kappa shape index (κ3) is 6.16. The highest BCUT2D eigenvalue weighted by Gasteiger charge is 2.28. The molecule has 1 fully saturated rings. The monoisotopic (exact) mass is 548 g/mol. The first kappa shape index (κ1) is 28.7. The minimum Gasteiger partial charge on any atom is -0.491 e. The molecule has 0 radical (unpaired) electrons. The maximum atomic E-state index is 14.9. The molecule has 8 heteroatoms. The summed E-state index contributed by atoms with van der Waals surface area (Å²) in [6.45, 7) is 5.60. The number of hydrogen-bond donors (Lipinski definition) is 0. The molecule has 39 heavy (non-hydrogen) atoms. The molecule has 0 saturated carbocycles. The van der Waals surface area contributed by atoms with Gasteiger partial charge in [-0.15, -0.1) is 6.58 Å². The van der Waals surface area contributed by atoms with Crippen molar-refractivity contribution in [3.8, 4) is 16.9 Å². The van der Waals surface area contributed by atoms with Crippen LogP contribution in [-0.4, -0.2) is 13.2 Å². The lowest BCUT2D eigenvalue weighted by Crippen LogP contribution is -2.22. The smallest absolute Gasteiger partial charge is 0.201 e. The summed E-state index contributed by atoms with van der Waals surface area (Å²) >= 11 is 0. The van der Waals surface area contributed by atoms with E-state index >= 15 is 0 Å². The first-order chi connectivity index (χ1) is 18.8. The molecule has 0 aromatic heterocycles. The Morgan fingerprint density at radius 2 is 1.44 bits per heavy atom. The maximum Gasteiger partial charge on any atom is 0.201 e. The first-order valence-electron chi connectivity index (χ1n) is 13.0. The van der Waals surface area contributed by atoms with Crippen LogP contribution in [0, 0.1) is 40.8 Å². The van der Waals surface area contributed by atoms with Gasteiger partial charge in [-0.3, -0.25) is 0 Å². The summed E-state index contributed by atoms with van der Waals surface area (Å²) in [5.74, 6) is -7.02. The number of halogens is 6. The Morgan fingerprint density at radius 3 is 2.10 bits per heavy atom. The van der Waals surface area contributed by atoms with Crippen LogP contribution >= 0.6 is 0 Å². The topological polar surface area (TPSA) is 18.5 Å². The highest BCUT2D eigenvalue weighted by atomic mass is 19.2. The molecule has 3 aromatic rings. The molecule has 1 heterocycles. The lowest BCUT2D eigenvalue weighted by molar-refractivity contribution is -0.0212. The Bertz CT molecular complexity index is 1330. The third-order valence-electron chi connectivity index (χ3n) is 7.15. The number of benzene rings is 3. The Balaban J connectivity index is 1.38. The van der Waals surface area contributed by atoms with Crippen LogP contribution in [0.15, 0.2) is 49.1 Å². The van der Waals surface area contributed by atoms with Crippen molar-refractivity contribution in [2.24, 2.45) is 5.92 Å². The molecule has 208 valence electrons. The largest absolute Gasteiger partial charge is 0.491 e. The molecule has 2 nitrogen and oxygen atoms in total. The Morgan fingerprint density at radius 1 is 0.795 bits per heavy atom. The van der Waals surface area contributed by atoms with Gasteiger partial charge in [0.15, 0.2) is 34.8 Å². The SMILES string of the molecule is C=CCCc1ccc(C2CCC(CCc3ccc(-c4ccc(OCC)c(F)c4F)c(F)c3F)CO2)c(F)c1F. The van der Waals surface area contributed by atoms with Crippen LogP contribution in [0.3, 0.4) is 0 Å². The molecular weight excluding hydrogens is 518 g/mol. The average molecular weight is 549 g/mol. The number of rotatable bonds is 10. The van der Waals surface area contributed by atoms with Crippen molar-refractivity contribution in [3.05, 3.63) is 101 Å². The van der Waals surface area contributed by atoms with Crippen molar-refractivity contribution in [1.82, 2.24) is 0 Å². The van der Waals surface area contributed by atoms with Gasteiger partial charge in [0.2, 0.25) is 5.82 Å². The average Bonchev–Trinajstić information content (AvgIpc) is 2.94. The minimum absolute atomic E-state index is 0.0146. The molecule has 2 unspecified atom stereocenters. The predicted molar refractivity (Wildman–Crippen MR) is 137 cm³/mol. The first-order valence-corrected chi connectivity index (χ1v) is 13.0. The van der Waals surface area contributed by atoms with Crippen LogP contribution in [-0.2, 0) is 17.6 Å². The van der Waals surface area contributed by atoms with Crippen molar-refractivity contribution >= 4 is 0 Å². The van der Waals surface area contributed by atoms with Gasteiger partial charge in [0.1, 0.15) is 0 Å². The summed E-state index contributed by atoms with van der Waals surface area (Å²) in [6, 6.07) is 8.05. The molecule has 2 atom stereocenters. The summed E-state index contributed by atoms with van der Waals surface area (Å²) in [5, 5.41) is 0. The van der Waals surface area contributed by atoms with Gasteiger partial charge in [-0.2, -0.15) is 4.39 Å². The lowest BCUT2D eigenvalue weighted by atomic mass is 9.89. The van der Waals surface area contributed by atoms with Crippen molar-refractivity contribution in [2.45, 2.75) is 51.6 Å². The molecule has 4 rings (SSSR count). The van der Waals surface area contributed by atoms with Gasteiger partial charge in [-0.1, -0.05) is 30.3 Å². The zero-order valence-corrected chi connectivity index (χ0v) is 21.6. The van der Waals surface area contributed by atoms with Gasteiger partial charge in [-0.05, 0) is 74.6 Å². The van der Waals surface area contributed by atoms with Crippen LogP contribution < -0.4 is 4.74 Å².